The number of ether oxygens (including phenoxy) is 1. The van der Waals surface area contributed by atoms with Gasteiger partial charge in [-0.3, -0.25) is 9.59 Å². The number of carbonyl (C=O) groups excluding carboxylic acids is 1. The molecule has 1 saturated heterocycles. The molecule has 0 unspecified atom stereocenters. The van der Waals surface area contributed by atoms with Crippen molar-refractivity contribution < 1.29 is 22.3 Å². The molecule has 0 aliphatic carbocycles. The monoisotopic (exact) mass is 486 g/mol. The van der Waals surface area contributed by atoms with E-state index in [9.17, 15) is 22.4 Å². The minimum atomic E-state index is -3.80. The van der Waals surface area contributed by atoms with Crippen LogP contribution >= 0.6 is 0 Å². The number of nitrogens with one attached hydrogen (secondary N) is 1. The number of aryl methyl sites for hydroxylation is 2. The Morgan fingerprint density at radius 3 is 2.50 bits per heavy atom. The predicted molar refractivity (Wildman–Crippen MR) is 123 cm³/mol. The molecule has 34 heavy (non-hydrogen) atoms. The number of rotatable bonds is 5. The third kappa shape index (κ3) is 4.63. The zero-order chi connectivity index (χ0) is 24.5. The number of sulfonamides is 1. The van der Waals surface area contributed by atoms with Crippen LogP contribution in [0.2, 0.25) is 0 Å². The fraction of sp³-hybridized carbons (Fsp3) is 0.261. The summed E-state index contributed by atoms with van der Waals surface area (Å²) in [6, 6.07) is 11.5. The number of halogens is 1. The molecule has 1 aromatic heterocycles. The normalized spacial score (nSPS) is 14.7. The van der Waals surface area contributed by atoms with Crippen LogP contribution < -0.4 is 10.7 Å². The standard InChI is InChI=1S/C23H23FN4O5S/c1-15-7-8-17(14-21(15)34(31,32)27-9-11-33-12-10-27)25-23(30)22-20(29)13-16(2)28(26-22)19-6-4-3-5-18(19)24/h3-8,13-14H,9-12H2,1-2H3,(H,25,30). The van der Waals surface area contributed by atoms with Gasteiger partial charge in [-0.2, -0.15) is 9.40 Å². The van der Waals surface area contributed by atoms with Crippen LogP contribution in [0, 0.1) is 19.7 Å². The van der Waals surface area contributed by atoms with Crippen LogP contribution in [0.1, 0.15) is 21.7 Å². The zero-order valence-corrected chi connectivity index (χ0v) is 19.4. The summed E-state index contributed by atoms with van der Waals surface area (Å²) >= 11 is 0. The summed E-state index contributed by atoms with van der Waals surface area (Å²) in [7, 11) is -3.80. The van der Waals surface area contributed by atoms with Crippen LogP contribution in [0.25, 0.3) is 5.69 Å². The topological polar surface area (TPSA) is 111 Å². The van der Waals surface area contributed by atoms with E-state index in [0.29, 0.717) is 24.5 Å². The first kappa shape index (κ1) is 23.7. The molecule has 9 nitrogen and oxygen atoms in total. The summed E-state index contributed by atoms with van der Waals surface area (Å²) in [5, 5.41) is 6.61. The maximum absolute atomic E-state index is 14.3. The van der Waals surface area contributed by atoms with E-state index in [0.717, 1.165) is 0 Å². The van der Waals surface area contributed by atoms with E-state index in [1.807, 2.05) is 0 Å². The molecule has 3 aromatic rings. The van der Waals surface area contributed by atoms with Gasteiger partial charge in [-0.05, 0) is 43.7 Å². The van der Waals surface area contributed by atoms with Crippen molar-refractivity contribution in [2.24, 2.45) is 0 Å². The molecule has 4 rings (SSSR count). The van der Waals surface area contributed by atoms with Gasteiger partial charge in [-0.15, -0.1) is 0 Å². The number of amides is 1. The molecule has 1 N–H and O–H groups in total. The fourth-order valence-corrected chi connectivity index (χ4v) is 5.30. The van der Waals surface area contributed by atoms with Crippen LogP contribution in [0.5, 0.6) is 0 Å². The number of nitrogens with zero attached hydrogens (tertiary/aromatic N) is 3. The van der Waals surface area contributed by atoms with Gasteiger partial charge in [-0.1, -0.05) is 18.2 Å². The van der Waals surface area contributed by atoms with Gasteiger partial charge in [0.25, 0.3) is 5.91 Å². The van der Waals surface area contributed by atoms with Crippen LogP contribution in [0.3, 0.4) is 0 Å². The summed E-state index contributed by atoms with van der Waals surface area (Å²) in [6.45, 7) is 4.32. The molecule has 0 bridgehead atoms. The highest BCUT2D eigenvalue weighted by Gasteiger charge is 2.28. The Bertz CT molecular complexity index is 1420. The van der Waals surface area contributed by atoms with Crippen LogP contribution in [0.4, 0.5) is 10.1 Å². The molecule has 1 aliphatic rings. The number of hydrogen-bond acceptors (Lipinski definition) is 6. The van der Waals surface area contributed by atoms with Gasteiger partial charge in [-0.25, -0.2) is 17.5 Å². The number of benzene rings is 2. The third-order valence-corrected chi connectivity index (χ3v) is 7.48. The highest BCUT2D eigenvalue weighted by molar-refractivity contribution is 7.89. The maximum Gasteiger partial charge on any atom is 0.280 e. The van der Waals surface area contributed by atoms with E-state index >= 15 is 0 Å². The van der Waals surface area contributed by atoms with Crippen molar-refractivity contribution in [2.45, 2.75) is 18.7 Å². The van der Waals surface area contributed by atoms with Crippen molar-refractivity contribution >= 4 is 21.6 Å². The van der Waals surface area contributed by atoms with Crippen LogP contribution in [0.15, 0.2) is 58.2 Å². The molecule has 2 heterocycles. The number of hydrogen-bond donors (Lipinski definition) is 1. The first-order valence-electron chi connectivity index (χ1n) is 10.5. The lowest BCUT2D eigenvalue weighted by Gasteiger charge is -2.26. The summed E-state index contributed by atoms with van der Waals surface area (Å²) in [5.74, 6) is -1.40. The lowest BCUT2D eigenvalue weighted by atomic mass is 10.2. The molecular formula is C23H23FN4O5S. The number of morpholine rings is 1. The second kappa shape index (κ2) is 9.45. The Balaban J connectivity index is 1.66. The molecule has 11 heteroatoms. The minimum Gasteiger partial charge on any atom is -0.379 e. The Labute approximate surface area is 195 Å². The molecule has 0 radical (unpaired) electrons. The average Bonchev–Trinajstić information content (AvgIpc) is 2.81. The van der Waals surface area contributed by atoms with Gasteiger partial charge in [0.1, 0.15) is 11.5 Å². The highest BCUT2D eigenvalue weighted by Crippen LogP contribution is 2.24. The summed E-state index contributed by atoms with van der Waals surface area (Å²) in [5.41, 5.74) is 0.0357. The minimum absolute atomic E-state index is 0.0489. The van der Waals surface area contributed by atoms with E-state index in [4.69, 9.17) is 4.74 Å². The molecule has 1 aliphatic heterocycles. The van der Waals surface area contributed by atoms with Crippen molar-refractivity contribution in [3.8, 4) is 5.69 Å². The summed E-state index contributed by atoms with van der Waals surface area (Å²) in [6.07, 6.45) is 0. The second-order valence-electron chi connectivity index (χ2n) is 7.81. The Hall–Kier alpha value is -3.41. The van der Waals surface area contributed by atoms with Crippen molar-refractivity contribution in [3.63, 3.8) is 0 Å². The largest absolute Gasteiger partial charge is 0.379 e. The zero-order valence-electron chi connectivity index (χ0n) is 18.6. The van der Waals surface area contributed by atoms with Crippen molar-refractivity contribution in [1.29, 1.82) is 0 Å². The van der Waals surface area contributed by atoms with Crippen LogP contribution in [-0.4, -0.2) is 54.7 Å². The van der Waals surface area contributed by atoms with Gasteiger partial charge in [0.2, 0.25) is 15.5 Å². The third-order valence-electron chi connectivity index (χ3n) is 5.44. The lowest BCUT2D eigenvalue weighted by molar-refractivity contribution is 0.0730. The van der Waals surface area contributed by atoms with Crippen molar-refractivity contribution in [2.75, 3.05) is 31.6 Å². The van der Waals surface area contributed by atoms with Crippen LogP contribution in [-0.2, 0) is 14.8 Å². The Kier molecular flexibility index (Phi) is 6.60. The van der Waals surface area contributed by atoms with Gasteiger partial charge in [0.15, 0.2) is 5.69 Å². The molecule has 1 fully saturated rings. The maximum atomic E-state index is 14.3. The van der Waals surface area contributed by atoms with Crippen molar-refractivity contribution in [3.05, 3.63) is 81.5 Å². The molecule has 0 atom stereocenters. The average molecular weight is 487 g/mol. The first-order valence-corrected chi connectivity index (χ1v) is 12.0. The van der Waals surface area contributed by atoms with Gasteiger partial charge < -0.3 is 10.1 Å². The molecule has 1 amide bonds. The van der Waals surface area contributed by atoms with E-state index in [1.54, 1.807) is 26.0 Å². The van der Waals surface area contributed by atoms with Gasteiger partial charge in [0.05, 0.1) is 18.1 Å². The van der Waals surface area contributed by atoms with E-state index in [2.05, 4.69) is 10.4 Å². The number of aromatic nitrogens is 2. The molecule has 0 spiro atoms. The summed E-state index contributed by atoms with van der Waals surface area (Å²) in [4.78, 5) is 25.4. The van der Waals surface area contributed by atoms with Gasteiger partial charge in [0, 0.05) is 30.5 Å². The quantitative estimate of drug-likeness (QED) is 0.592. The highest BCUT2D eigenvalue weighted by atomic mass is 32.2. The van der Waals surface area contributed by atoms with Crippen molar-refractivity contribution in [1.82, 2.24) is 14.1 Å². The smallest absolute Gasteiger partial charge is 0.280 e. The molecule has 178 valence electrons. The lowest BCUT2D eigenvalue weighted by Crippen LogP contribution is -2.40. The molecular weight excluding hydrogens is 463 g/mol. The van der Waals surface area contributed by atoms with E-state index < -0.39 is 32.9 Å². The second-order valence-corrected chi connectivity index (χ2v) is 9.72. The van der Waals surface area contributed by atoms with Gasteiger partial charge >= 0.3 is 0 Å². The number of anilines is 1. The Morgan fingerprint density at radius 1 is 1.09 bits per heavy atom. The Morgan fingerprint density at radius 2 is 1.79 bits per heavy atom. The molecule has 2 aromatic carbocycles. The molecule has 0 saturated carbocycles. The predicted octanol–water partition coefficient (Wildman–Crippen LogP) is 2.26. The first-order chi connectivity index (χ1) is 16.2. The van der Waals surface area contributed by atoms with E-state index in [1.165, 1.54) is 45.4 Å². The SMILES string of the molecule is Cc1ccc(NC(=O)c2nn(-c3ccccc3F)c(C)cc2=O)cc1S(=O)(=O)N1CCOCC1. The number of carbonyl (C=O) groups is 1. The van der Waals surface area contributed by atoms with E-state index in [-0.39, 0.29) is 29.4 Å². The number of para-hydroxylation sites is 1. The summed E-state index contributed by atoms with van der Waals surface area (Å²) < 4.78 is 48.2. The fourth-order valence-electron chi connectivity index (χ4n) is 3.64.